The lowest BCUT2D eigenvalue weighted by molar-refractivity contribution is -0.167. The van der Waals surface area contributed by atoms with Crippen molar-refractivity contribution in [3.8, 4) is 0 Å². The van der Waals surface area contributed by atoms with Crippen molar-refractivity contribution >= 4 is 17.9 Å². The topological polar surface area (TPSA) is 78.9 Å². The Morgan fingerprint density at radius 1 is 0.312 bits per heavy atom. The predicted molar refractivity (Wildman–Crippen MR) is 275 cm³/mol. The van der Waals surface area contributed by atoms with Crippen LogP contribution in [-0.2, 0) is 28.6 Å². The summed E-state index contributed by atoms with van der Waals surface area (Å²) in [5, 5.41) is 0. The molecule has 6 nitrogen and oxygen atoms in total. The molecular formula is C58H108O6. The number of hydrogen-bond donors (Lipinski definition) is 0. The van der Waals surface area contributed by atoms with Crippen molar-refractivity contribution in [1.29, 1.82) is 0 Å². The van der Waals surface area contributed by atoms with Crippen LogP contribution < -0.4 is 0 Å². The summed E-state index contributed by atoms with van der Waals surface area (Å²) in [6.45, 7) is 6.59. The summed E-state index contributed by atoms with van der Waals surface area (Å²) in [4.78, 5) is 37.8. The molecular weight excluding hydrogens is 793 g/mol. The maximum Gasteiger partial charge on any atom is 0.306 e. The highest BCUT2D eigenvalue weighted by Crippen LogP contribution is 2.17. The average Bonchev–Trinajstić information content (AvgIpc) is 3.29. The van der Waals surface area contributed by atoms with E-state index in [4.69, 9.17) is 14.2 Å². The van der Waals surface area contributed by atoms with Gasteiger partial charge in [0.05, 0.1) is 0 Å². The van der Waals surface area contributed by atoms with Crippen LogP contribution in [0.2, 0.25) is 0 Å². The molecule has 0 aromatic rings. The third kappa shape index (κ3) is 50.9. The van der Waals surface area contributed by atoms with Gasteiger partial charge in [-0.3, -0.25) is 14.4 Å². The number of allylic oxidation sites excluding steroid dienone is 4. The summed E-state index contributed by atoms with van der Waals surface area (Å²) in [6.07, 6.45) is 62.1. The first-order chi connectivity index (χ1) is 31.5. The molecule has 1 atom stereocenters. The van der Waals surface area contributed by atoms with Crippen LogP contribution in [0.5, 0.6) is 0 Å². The lowest BCUT2D eigenvalue weighted by atomic mass is 10.0. The zero-order valence-corrected chi connectivity index (χ0v) is 43.1. The Hall–Kier alpha value is -2.11. The fourth-order valence-corrected chi connectivity index (χ4v) is 8.42. The van der Waals surface area contributed by atoms with Gasteiger partial charge in [0.1, 0.15) is 13.2 Å². The fraction of sp³-hybridized carbons (Fsp3) is 0.879. The van der Waals surface area contributed by atoms with Crippen molar-refractivity contribution in [3.63, 3.8) is 0 Å². The number of rotatable bonds is 52. The Kier molecular flexibility index (Phi) is 51.7. The Balaban J connectivity index is 4.07. The van der Waals surface area contributed by atoms with Crippen LogP contribution in [-0.4, -0.2) is 37.2 Å². The van der Waals surface area contributed by atoms with Crippen molar-refractivity contribution < 1.29 is 28.6 Å². The van der Waals surface area contributed by atoms with Crippen molar-refractivity contribution in [2.75, 3.05) is 13.2 Å². The third-order valence-corrected chi connectivity index (χ3v) is 12.7. The molecule has 0 saturated heterocycles. The molecule has 0 bridgehead atoms. The molecule has 0 aliphatic heterocycles. The first-order valence-electron chi connectivity index (χ1n) is 28.3. The second-order valence-corrected chi connectivity index (χ2v) is 19.2. The number of ether oxygens (including phenoxy) is 3. The van der Waals surface area contributed by atoms with Gasteiger partial charge in [-0.25, -0.2) is 0 Å². The SMILES string of the molecule is CCCCCCC/C=C\C/C=C\CCCCCCCCCCCC(=O)OCC(COC(=O)CCCCCCC)OC(=O)CCCCCCCCCCCCCCCCCCCCCC. The second-order valence-electron chi connectivity index (χ2n) is 19.2. The van der Waals surface area contributed by atoms with Crippen molar-refractivity contribution in [3.05, 3.63) is 24.3 Å². The molecule has 6 heteroatoms. The zero-order valence-electron chi connectivity index (χ0n) is 43.1. The van der Waals surface area contributed by atoms with Crippen LogP contribution in [0.1, 0.15) is 310 Å². The van der Waals surface area contributed by atoms with Gasteiger partial charge in [-0.1, -0.05) is 263 Å². The van der Waals surface area contributed by atoms with E-state index < -0.39 is 6.10 Å². The molecule has 0 aromatic carbocycles. The van der Waals surface area contributed by atoms with Gasteiger partial charge in [0.15, 0.2) is 6.10 Å². The number of carbonyl (C=O) groups excluding carboxylic acids is 3. The molecule has 0 radical (unpaired) electrons. The summed E-state index contributed by atoms with van der Waals surface area (Å²) < 4.78 is 16.7. The summed E-state index contributed by atoms with van der Waals surface area (Å²) >= 11 is 0. The minimum Gasteiger partial charge on any atom is -0.462 e. The molecule has 0 amide bonds. The second kappa shape index (κ2) is 53.5. The molecule has 0 rings (SSSR count). The molecule has 0 aromatic heterocycles. The van der Waals surface area contributed by atoms with E-state index in [1.54, 1.807) is 0 Å². The van der Waals surface area contributed by atoms with Crippen LogP contribution in [0.15, 0.2) is 24.3 Å². The maximum atomic E-state index is 12.8. The molecule has 376 valence electrons. The quantitative estimate of drug-likeness (QED) is 0.0262. The van der Waals surface area contributed by atoms with Gasteiger partial charge in [-0.05, 0) is 51.4 Å². The lowest BCUT2D eigenvalue weighted by Gasteiger charge is -2.18. The van der Waals surface area contributed by atoms with Gasteiger partial charge in [-0.2, -0.15) is 0 Å². The molecule has 0 aliphatic carbocycles. The van der Waals surface area contributed by atoms with Gasteiger partial charge >= 0.3 is 17.9 Å². The van der Waals surface area contributed by atoms with Gasteiger partial charge < -0.3 is 14.2 Å². The molecule has 0 N–H and O–H groups in total. The van der Waals surface area contributed by atoms with E-state index in [1.807, 2.05) is 0 Å². The Bertz CT molecular complexity index is 1040. The highest BCUT2D eigenvalue weighted by atomic mass is 16.6. The predicted octanol–water partition coefficient (Wildman–Crippen LogP) is 18.7. The van der Waals surface area contributed by atoms with Crippen molar-refractivity contribution in [2.24, 2.45) is 0 Å². The normalized spacial score (nSPS) is 12.1. The van der Waals surface area contributed by atoms with Crippen LogP contribution in [0.25, 0.3) is 0 Å². The first-order valence-corrected chi connectivity index (χ1v) is 28.3. The van der Waals surface area contributed by atoms with Crippen LogP contribution >= 0.6 is 0 Å². The van der Waals surface area contributed by atoms with E-state index in [2.05, 4.69) is 45.1 Å². The summed E-state index contributed by atoms with van der Waals surface area (Å²) in [5.74, 6) is -0.870. The number of carbonyl (C=O) groups is 3. The van der Waals surface area contributed by atoms with Gasteiger partial charge in [0, 0.05) is 19.3 Å². The van der Waals surface area contributed by atoms with Gasteiger partial charge in [-0.15, -0.1) is 0 Å². The third-order valence-electron chi connectivity index (χ3n) is 12.7. The number of esters is 3. The van der Waals surface area contributed by atoms with Crippen LogP contribution in [0.3, 0.4) is 0 Å². The largest absolute Gasteiger partial charge is 0.462 e. The Labute approximate surface area is 398 Å². The molecule has 0 aliphatic rings. The minimum absolute atomic E-state index is 0.0697. The highest BCUT2D eigenvalue weighted by molar-refractivity contribution is 5.71. The standard InChI is InChI=1S/C58H108O6/c1-4-7-10-13-15-17-19-21-23-25-27-29-31-32-34-36-38-40-42-45-48-51-57(60)63-54-55(53-62-56(59)50-47-44-12-9-6-3)64-58(61)52-49-46-43-41-39-37-35-33-30-28-26-24-22-20-18-16-14-11-8-5-2/h19,21,25,27,55H,4-18,20,22-24,26,28-54H2,1-3H3/b21-19-,27-25-. The first kappa shape index (κ1) is 61.9. The van der Waals surface area contributed by atoms with Gasteiger partial charge in [0.25, 0.3) is 0 Å². The van der Waals surface area contributed by atoms with E-state index in [9.17, 15) is 14.4 Å². The van der Waals surface area contributed by atoms with E-state index in [1.165, 1.54) is 199 Å². The van der Waals surface area contributed by atoms with Crippen LogP contribution in [0.4, 0.5) is 0 Å². The molecule has 1 unspecified atom stereocenters. The van der Waals surface area contributed by atoms with Crippen LogP contribution in [0, 0.1) is 0 Å². The maximum absolute atomic E-state index is 12.8. The average molecular weight is 901 g/mol. The van der Waals surface area contributed by atoms with Crippen molar-refractivity contribution in [1.82, 2.24) is 0 Å². The summed E-state index contributed by atoms with van der Waals surface area (Å²) in [6, 6.07) is 0. The molecule has 0 fully saturated rings. The lowest BCUT2D eigenvalue weighted by Crippen LogP contribution is -2.30. The number of hydrogen-bond acceptors (Lipinski definition) is 6. The van der Waals surface area contributed by atoms with E-state index in [0.29, 0.717) is 19.3 Å². The minimum atomic E-state index is -0.765. The van der Waals surface area contributed by atoms with E-state index in [0.717, 1.165) is 70.6 Å². The summed E-state index contributed by atoms with van der Waals surface area (Å²) in [5.41, 5.74) is 0. The highest BCUT2D eigenvalue weighted by Gasteiger charge is 2.19. The van der Waals surface area contributed by atoms with Crippen molar-refractivity contribution in [2.45, 2.75) is 316 Å². The molecule has 0 saturated carbocycles. The summed E-state index contributed by atoms with van der Waals surface area (Å²) in [7, 11) is 0. The number of unbranched alkanes of at least 4 members (excludes halogenated alkanes) is 37. The molecule has 0 heterocycles. The van der Waals surface area contributed by atoms with E-state index >= 15 is 0 Å². The van der Waals surface area contributed by atoms with E-state index in [-0.39, 0.29) is 31.1 Å². The smallest absolute Gasteiger partial charge is 0.306 e. The van der Waals surface area contributed by atoms with Gasteiger partial charge in [0.2, 0.25) is 0 Å². The molecule has 64 heavy (non-hydrogen) atoms. The molecule has 0 spiro atoms. The Morgan fingerprint density at radius 3 is 0.859 bits per heavy atom. The zero-order chi connectivity index (χ0) is 46.5. The Morgan fingerprint density at radius 2 is 0.562 bits per heavy atom. The fourth-order valence-electron chi connectivity index (χ4n) is 8.42. The monoisotopic (exact) mass is 901 g/mol.